The van der Waals surface area contributed by atoms with Crippen molar-refractivity contribution >= 4 is 16.9 Å². The zero-order valence-corrected chi connectivity index (χ0v) is 10.1. The number of nitrogens with two attached hydrogens (primary N) is 2. The summed E-state index contributed by atoms with van der Waals surface area (Å²) in [4.78, 5) is 0. The molecule has 0 bridgehead atoms. The van der Waals surface area contributed by atoms with E-state index in [2.05, 4.69) is 0 Å². The Morgan fingerprint density at radius 3 is 2.33 bits per heavy atom. The van der Waals surface area contributed by atoms with Gasteiger partial charge in [-0.05, 0) is 31.6 Å². The first-order valence-corrected chi connectivity index (χ1v) is 10.3. The second-order valence-corrected chi connectivity index (χ2v) is 14.3. The molecule has 0 aromatic rings. The molecule has 0 atom stereocenters. The highest BCUT2D eigenvalue weighted by molar-refractivity contribution is 7.23. The van der Waals surface area contributed by atoms with Gasteiger partial charge in [0.25, 0.3) is 0 Å². The van der Waals surface area contributed by atoms with Gasteiger partial charge in [0.15, 0.2) is 9.28 Å². The minimum Gasteiger partial charge on any atom is -0.427 e. The first-order chi connectivity index (χ1) is 5.83. The fraction of sp³-hybridized carbons (Fsp3) is 1.00. The zero-order valence-electron chi connectivity index (χ0n) is 7.72. The maximum absolute atomic E-state index is 5.68. The van der Waals surface area contributed by atoms with Crippen molar-refractivity contribution in [2.45, 2.75) is 24.6 Å². The van der Waals surface area contributed by atoms with Crippen molar-refractivity contribution in [2.75, 3.05) is 19.7 Å². The minimum absolute atomic E-state index is 0.227. The maximum Gasteiger partial charge on any atom is 0.151 e. The van der Waals surface area contributed by atoms with E-state index in [1.165, 1.54) is 24.6 Å². The molecular weight excluding hydrogens is 184 g/mol. The van der Waals surface area contributed by atoms with Crippen molar-refractivity contribution in [2.24, 2.45) is 11.5 Å². The summed E-state index contributed by atoms with van der Waals surface area (Å²) in [5.74, 6) is 0. The minimum atomic E-state index is -1.02. The quantitative estimate of drug-likeness (QED) is 0.599. The van der Waals surface area contributed by atoms with E-state index in [9.17, 15) is 0 Å². The summed E-state index contributed by atoms with van der Waals surface area (Å²) < 4.78 is 5.68. The third kappa shape index (κ3) is 2.67. The summed E-state index contributed by atoms with van der Waals surface area (Å²) in [6, 6.07) is 3.96. The Morgan fingerprint density at radius 2 is 1.92 bits per heavy atom. The molecule has 1 saturated heterocycles. The van der Waals surface area contributed by atoms with Crippen molar-refractivity contribution in [3.63, 3.8) is 0 Å². The molecule has 12 heavy (non-hydrogen) atoms. The Labute approximate surface area is 77.6 Å². The van der Waals surface area contributed by atoms with Gasteiger partial charge in [-0.3, -0.25) is 0 Å². The molecule has 0 unspecified atom stereocenters. The molecule has 72 valence electrons. The van der Waals surface area contributed by atoms with E-state index in [0.717, 1.165) is 19.7 Å². The van der Waals surface area contributed by atoms with Gasteiger partial charge in [-0.25, -0.2) is 0 Å². The van der Waals surface area contributed by atoms with Crippen LogP contribution in [0.1, 0.15) is 6.42 Å². The molecule has 0 radical (unpaired) electrons. The Hall–Kier alpha value is 0.314. The lowest BCUT2D eigenvalue weighted by Gasteiger charge is -2.34. The highest BCUT2D eigenvalue weighted by Crippen LogP contribution is 2.24. The van der Waals surface area contributed by atoms with Crippen LogP contribution < -0.4 is 11.5 Å². The van der Waals surface area contributed by atoms with E-state index in [-0.39, 0.29) is 9.28 Å². The zero-order chi connectivity index (χ0) is 8.86. The largest absolute Gasteiger partial charge is 0.427 e. The van der Waals surface area contributed by atoms with E-state index in [0.29, 0.717) is 0 Å². The fourth-order valence-electron chi connectivity index (χ4n) is 2.04. The first kappa shape index (κ1) is 10.4. The van der Waals surface area contributed by atoms with Crippen LogP contribution in [0.25, 0.3) is 0 Å². The summed E-state index contributed by atoms with van der Waals surface area (Å²) in [5.41, 5.74) is 11.3. The first-order valence-electron chi connectivity index (χ1n) is 4.81. The summed E-state index contributed by atoms with van der Waals surface area (Å²) in [6.07, 6.45) is 1.26. The molecule has 1 aliphatic heterocycles. The number of rotatable bonds is 4. The van der Waals surface area contributed by atoms with Crippen LogP contribution in [0.4, 0.5) is 0 Å². The standard InChI is InChI=1S/C7H20N2OSi2/c8-2-6-12(7-3-9)5-1-4-10-11-12/h1-9,11H2. The highest BCUT2D eigenvalue weighted by atomic mass is 29.2. The van der Waals surface area contributed by atoms with Crippen molar-refractivity contribution in [3.05, 3.63) is 0 Å². The summed E-state index contributed by atoms with van der Waals surface area (Å²) in [6.45, 7) is 2.71. The van der Waals surface area contributed by atoms with E-state index < -0.39 is 7.59 Å². The maximum atomic E-state index is 5.68. The second-order valence-electron chi connectivity index (χ2n) is 3.73. The highest BCUT2D eigenvalue weighted by Gasteiger charge is 2.34. The van der Waals surface area contributed by atoms with Gasteiger partial charge in [-0.15, -0.1) is 0 Å². The van der Waals surface area contributed by atoms with Gasteiger partial charge in [0.2, 0.25) is 0 Å². The van der Waals surface area contributed by atoms with Crippen LogP contribution in [0.3, 0.4) is 0 Å². The lowest BCUT2D eigenvalue weighted by Crippen LogP contribution is -2.49. The van der Waals surface area contributed by atoms with Crippen LogP contribution >= 0.6 is 0 Å². The molecule has 0 aromatic carbocycles. The predicted octanol–water partition coefficient (Wildman–Crippen LogP) is -0.647. The average Bonchev–Trinajstić information content (AvgIpc) is 2.07. The molecule has 0 saturated carbocycles. The van der Waals surface area contributed by atoms with Crippen molar-refractivity contribution < 1.29 is 4.43 Å². The van der Waals surface area contributed by atoms with Gasteiger partial charge in [0, 0.05) is 6.61 Å². The molecule has 1 heterocycles. The van der Waals surface area contributed by atoms with Crippen LogP contribution in [-0.2, 0) is 4.43 Å². The van der Waals surface area contributed by atoms with Gasteiger partial charge in [0.1, 0.15) is 0 Å². The molecule has 1 aliphatic rings. The van der Waals surface area contributed by atoms with Gasteiger partial charge < -0.3 is 15.9 Å². The molecule has 0 spiro atoms. The van der Waals surface area contributed by atoms with Crippen LogP contribution in [0.2, 0.25) is 18.1 Å². The molecule has 1 fully saturated rings. The fourth-order valence-corrected chi connectivity index (χ4v) is 11.1. The molecule has 5 heteroatoms. The monoisotopic (exact) mass is 204 g/mol. The predicted molar refractivity (Wildman–Crippen MR) is 57.4 cm³/mol. The van der Waals surface area contributed by atoms with Crippen LogP contribution in [0.5, 0.6) is 0 Å². The van der Waals surface area contributed by atoms with E-state index in [4.69, 9.17) is 15.9 Å². The smallest absolute Gasteiger partial charge is 0.151 e. The van der Waals surface area contributed by atoms with Crippen molar-refractivity contribution in [1.29, 1.82) is 0 Å². The van der Waals surface area contributed by atoms with Gasteiger partial charge >= 0.3 is 0 Å². The molecular formula is C7H20N2OSi2. The third-order valence-electron chi connectivity index (χ3n) is 2.75. The number of hydrogen-bond acceptors (Lipinski definition) is 3. The number of hydrogen-bond donors (Lipinski definition) is 2. The van der Waals surface area contributed by atoms with Gasteiger partial charge in [-0.2, -0.15) is 0 Å². The molecule has 0 aromatic heterocycles. The van der Waals surface area contributed by atoms with E-state index >= 15 is 0 Å². The summed E-state index contributed by atoms with van der Waals surface area (Å²) in [5, 5.41) is 0. The van der Waals surface area contributed by atoms with Crippen LogP contribution in [0.15, 0.2) is 0 Å². The van der Waals surface area contributed by atoms with Crippen LogP contribution in [0, 0.1) is 0 Å². The van der Waals surface area contributed by atoms with Gasteiger partial charge in [0.05, 0.1) is 7.59 Å². The SMILES string of the molecule is NCC[Si]1(CCN)CCCO[SiH2]1. The van der Waals surface area contributed by atoms with Crippen molar-refractivity contribution in [1.82, 2.24) is 0 Å². The Balaban J connectivity index is 2.44. The Kier molecular flexibility index (Phi) is 4.45. The normalized spacial score (nSPS) is 24.5. The molecule has 3 nitrogen and oxygen atoms in total. The van der Waals surface area contributed by atoms with E-state index in [1.54, 1.807) is 0 Å². The average molecular weight is 204 g/mol. The lowest BCUT2D eigenvalue weighted by molar-refractivity contribution is 0.332. The van der Waals surface area contributed by atoms with E-state index in [1.807, 2.05) is 0 Å². The summed E-state index contributed by atoms with van der Waals surface area (Å²) >= 11 is 0. The molecule has 0 amide bonds. The Bertz CT molecular complexity index is 113. The summed E-state index contributed by atoms with van der Waals surface area (Å²) in [7, 11) is -1.24. The lowest BCUT2D eigenvalue weighted by atomic mass is 10.5. The molecule has 4 N–H and O–H groups in total. The molecule has 1 rings (SSSR count). The topological polar surface area (TPSA) is 61.3 Å². The van der Waals surface area contributed by atoms with Crippen LogP contribution in [-0.4, -0.2) is 36.6 Å². The molecule has 0 aliphatic carbocycles. The van der Waals surface area contributed by atoms with Crippen molar-refractivity contribution in [3.8, 4) is 0 Å². The Morgan fingerprint density at radius 1 is 1.25 bits per heavy atom. The van der Waals surface area contributed by atoms with Gasteiger partial charge in [-0.1, -0.05) is 6.04 Å². The third-order valence-corrected chi connectivity index (χ3v) is 13.6. The second kappa shape index (κ2) is 5.13.